The maximum absolute atomic E-state index is 10.5. The topological polar surface area (TPSA) is 71.6 Å². The molecule has 1 aromatic carbocycles. The van der Waals surface area contributed by atoms with Gasteiger partial charge in [0, 0.05) is 18.5 Å². The zero-order chi connectivity index (χ0) is 17.1. The van der Waals surface area contributed by atoms with Crippen LogP contribution in [0.25, 0.3) is 0 Å². The maximum Gasteiger partial charge on any atom is 0.230 e. The molecule has 134 valence electrons. The lowest BCUT2D eigenvalue weighted by Gasteiger charge is -2.35. The molecule has 0 radical (unpaired) electrons. The van der Waals surface area contributed by atoms with E-state index in [-0.39, 0.29) is 6.04 Å². The molecular formula is C19H25N3O3. The maximum atomic E-state index is 10.5. The Morgan fingerprint density at radius 3 is 2.80 bits per heavy atom. The molecule has 2 fully saturated rings. The second kappa shape index (κ2) is 7.64. The Kier molecular flexibility index (Phi) is 5.10. The Bertz CT molecular complexity index is 672. The quantitative estimate of drug-likeness (QED) is 0.869. The Labute approximate surface area is 147 Å². The number of aromatic nitrogens is 2. The van der Waals surface area contributed by atoms with Gasteiger partial charge in [-0.15, -0.1) is 10.2 Å². The van der Waals surface area contributed by atoms with Crippen LogP contribution < -0.4 is 0 Å². The summed E-state index contributed by atoms with van der Waals surface area (Å²) in [6, 6.07) is 9.93. The van der Waals surface area contributed by atoms with Crippen molar-refractivity contribution in [1.29, 1.82) is 0 Å². The van der Waals surface area contributed by atoms with Gasteiger partial charge in [0.15, 0.2) is 0 Å². The normalized spacial score (nSPS) is 23.3. The fourth-order valence-electron chi connectivity index (χ4n) is 3.51. The molecule has 1 N–H and O–H groups in total. The van der Waals surface area contributed by atoms with Crippen molar-refractivity contribution in [2.24, 2.45) is 0 Å². The first-order valence-corrected chi connectivity index (χ1v) is 9.16. The van der Waals surface area contributed by atoms with Crippen LogP contribution in [-0.4, -0.2) is 46.0 Å². The minimum absolute atomic E-state index is 0.142. The molecule has 2 atom stereocenters. The van der Waals surface area contributed by atoms with E-state index >= 15 is 0 Å². The summed E-state index contributed by atoms with van der Waals surface area (Å²) in [5.41, 5.74) is 0.943. The molecule has 0 bridgehead atoms. The fourth-order valence-corrected chi connectivity index (χ4v) is 3.51. The van der Waals surface area contributed by atoms with E-state index in [1.165, 1.54) is 6.42 Å². The highest BCUT2D eigenvalue weighted by molar-refractivity contribution is 5.17. The van der Waals surface area contributed by atoms with Gasteiger partial charge in [-0.1, -0.05) is 36.8 Å². The second-order valence-corrected chi connectivity index (χ2v) is 7.02. The van der Waals surface area contributed by atoms with Crippen molar-refractivity contribution in [3.63, 3.8) is 0 Å². The Morgan fingerprint density at radius 2 is 2.04 bits per heavy atom. The predicted molar refractivity (Wildman–Crippen MR) is 91.9 cm³/mol. The van der Waals surface area contributed by atoms with Gasteiger partial charge in [0.25, 0.3) is 0 Å². The molecule has 2 aliphatic rings. The van der Waals surface area contributed by atoms with E-state index in [0.717, 1.165) is 30.8 Å². The Hall–Kier alpha value is -1.76. The average molecular weight is 343 g/mol. The van der Waals surface area contributed by atoms with Gasteiger partial charge in [-0.3, -0.25) is 4.90 Å². The van der Waals surface area contributed by atoms with Crippen LogP contribution in [0.1, 0.15) is 55.1 Å². The summed E-state index contributed by atoms with van der Waals surface area (Å²) < 4.78 is 11.5. The third-order valence-corrected chi connectivity index (χ3v) is 5.30. The first-order valence-electron chi connectivity index (χ1n) is 9.16. The number of aliphatic hydroxyl groups is 1. The molecule has 4 rings (SSSR count). The average Bonchev–Trinajstić information content (AvgIpc) is 3.04. The molecule has 0 amide bonds. The molecule has 1 aliphatic carbocycles. The number of morpholine rings is 1. The van der Waals surface area contributed by atoms with E-state index in [9.17, 15) is 5.11 Å². The van der Waals surface area contributed by atoms with E-state index in [2.05, 4.69) is 15.1 Å². The summed E-state index contributed by atoms with van der Waals surface area (Å²) in [6.45, 7) is 2.75. The SMILES string of the molecule is OC(CC1COCCN1Cc1nnc(C2CCC2)o1)c1ccccc1. The number of nitrogens with zero attached hydrogens (tertiary/aromatic N) is 3. The second-order valence-electron chi connectivity index (χ2n) is 7.02. The lowest BCUT2D eigenvalue weighted by atomic mass is 9.85. The van der Waals surface area contributed by atoms with Crippen molar-refractivity contribution >= 4 is 0 Å². The van der Waals surface area contributed by atoms with Crippen LogP contribution in [0.15, 0.2) is 34.7 Å². The summed E-state index contributed by atoms with van der Waals surface area (Å²) >= 11 is 0. The van der Waals surface area contributed by atoms with E-state index in [1.54, 1.807) is 0 Å². The van der Waals surface area contributed by atoms with E-state index in [1.807, 2.05) is 30.3 Å². The molecule has 2 unspecified atom stereocenters. The molecule has 2 aromatic rings. The Balaban J connectivity index is 1.39. The summed E-state index contributed by atoms with van der Waals surface area (Å²) in [4.78, 5) is 2.29. The lowest BCUT2D eigenvalue weighted by Crippen LogP contribution is -2.45. The molecule has 1 aromatic heterocycles. The number of hydrogen-bond donors (Lipinski definition) is 1. The van der Waals surface area contributed by atoms with E-state index in [4.69, 9.17) is 9.15 Å². The van der Waals surface area contributed by atoms with Crippen LogP contribution in [-0.2, 0) is 11.3 Å². The van der Waals surface area contributed by atoms with Gasteiger partial charge < -0.3 is 14.3 Å². The smallest absolute Gasteiger partial charge is 0.230 e. The van der Waals surface area contributed by atoms with Gasteiger partial charge >= 0.3 is 0 Å². The van der Waals surface area contributed by atoms with Crippen molar-refractivity contribution < 1.29 is 14.3 Å². The lowest BCUT2D eigenvalue weighted by molar-refractivity contribution is -0.0331. The zero-order valence-corrected chi connectivity index (χ0v) is 14.4. The molecular weight excluding hydrogens is 318 g/mol. The highest BCUT2D eigenvalue weighted by atomic mass is 16.5. The summed E-state index contributed by atoms with van der Waals surface area (Å²) in [5, 5.41) is 19.0. The molecule has 25 heavy (non-hydrogen) atoms. The predicted octanol–water partition coefficient (Wildman–Crippen LogP) is 2.66. The van der Waals surface area contributed by atoms with Gasteiger partial charge in [-0.05, 0) is 24.8 Å². The zero-order valence-electron chi connectivity index (χ0n) is 14.4. The molecule has 1 aliphatic heterocycles. The highest BCUT2D eigenvalue weighted by Gasteiger charge is 2.29. The minimum atomic E-state index is -0.497. The van der Waals surface area contributed by atoms with Crippen molar-refractivity contribution in [2.45, 2.75) is 50.3 Å². The van der Waals surface area contributed by atoms with Crippen LogP contribution >= 0.6 is 0 Å². The van der Waals surface area contributed by atoms with Gasteiger partial charge in [-0.25, -0.2) is 0 Å². The van der Waals surface area contributed by atoms with Crippen molar-refractivity contribution in [3.05, 3.63) is 47.7 Å². The van der Waals surface area contributed by atoms with Crippen LogP contribution in [0.3, 0.4) is 0 Å². The van der Waals surface area contributed by atoms with Crippen molar-refractivity contribution in [1.82, 2.24) is 15.1 Å². The fraction of sp³-hybridized carbons (Fsp3) is 0.579. The number of aliphatic hydroxyl groups excluding tert-OH is 1. The van der Waals surface area contributed by atoms with Crippen LogP contribution in [0.2, 0.25) is 0 Å². The monoisotopic (exact) mass is 343 g/mol. The van der Waals surface area contributed by atoms with Gasteiger partial charge in [0.1, 0.15) is 0 Å². The third-order valence-electron chi connectivity index (χ3n) is 5.30. The molecule has 1 saturated heterocycles. The summed E-state index contributed by atoms with van der Waals surface area (Å²) in [7, 11) is 0. The number of benzene rings is 1. The third kappa shape index (κ3) is 3.92. The van der Waals surface area contributed by atoms with Crippen LogP contribution in [0, 0.1) is 0 Å². The molecule has 2 heterocycles. The summed E-state index contributed by atoms with van der Waals surface area (Å²) in [5.74, 6) is 1.92. The summed E-state index contributed by atoms with van der Waals surface area (Å²) in [6.07, 6.45) is 3.71. The van der Waals surface area contributed by atoms with Gasteiger partial charge in [0.2, 0.25) is 11.8 Å². The largest absolute Gasteiger partial charge is 0.424 e. The molecule has 6 nitrogen and oxygen atoms in total. The van der Waals surface area contributed by atoms with Crippen molar-refractivity contribution in [2.75, 3.05) is 19.8 Å². The van der Waals surface area contributed by atoms with Crippen LogP contribution in [0.4, 0.5) is 0 Å². The van der Waals surface area contributed by atoms with Crippen molar-refractivity contribution in [3.8, 4) is 0 Å². The van der Waals surface area contributed by atoms with E-state index in [0.29, 0.717) is 38.0 Å². The molecule has 6 heteroatoms. The molecule has 0 spiro atoms. The Morgan fingerprint density at radius 1 is 1.20 bits per heavy atom. The van der Waals surface area contributed by atoms with Gasteiger partial charge in [-0.2, -0.15) is 0 Å². The first-order chi connectivity index (χ1) is 12.3. The number of hydrogen-bond acceptors (Lipinski definition) is 6. The standard InChI is InChI=1S/C19H25N3O3/c23-17(14-5-2-1-3-6-14)11-16-13-24-10-9-22(16)12-18-20-21-19(25-18)15-7-4-8-15/h1-3,5-6,15-17,23H,4,7-13H2. The highest BCUT2D eigenvalue weighted by Crippen LogP contribution is 2.35. The van der Waals surface area contributed by atoms with Gasteiger partial charge in [0.05, 0.1) is 25.9 Å². The van der Waals surface area contributed by atoms with Crippen LogP contribution in [0.5, 0.6) is 0 Å². The number of rotatable bonds is 6. The van der Waals surface area contributed by atoms with E-state index < -0.39 is 6.10 Å². The first kappa shape index (κ1) is 16.7. The molecule has 1 saturated carbocycles. The number of ether oxygens (including phenoxy) is 1. The minimum Gasteiger partial charge on any atom is -0.424 e.